The van der Waals surface area contributed by atoms with Gasteiger partial charge in [0.25, 0.3) is 5.92 Å². The number of hydrogen-bond donors (Lipinski definition) is 1. The van der Waals surface area contributed by atoms with Crippen molar-refractivity contribution in [2.24, 2.45) is 0 Å². The Kier molecular flexibility index (Phi) is 5.54. The zero-order chi connectivity index (χ0) is 22.3. The third-order valence-corrected chi connectivity index (χ3v) is 6.08. The topological polar surface area (TPSA) is 32.3 Å². The number of carbonyl (C=O) groups is 1. The molecule has 2 fully saturated rings. The highest BCUT2D eigenvalue weighted by atomic mass is 19.4. The normalized spacial score (nSPS) is 22.7. The molecule has 0 bridgehead atoms. The standard InChI is InChI=1S/C23H23F5N2O/c24-22(25)11-12-30(15-16-5-4-8-18(13-16)23(26,27)28)19(14-22)20(31)29-21(9-10-21)17-6-2-1-3-7-17/h1-8,13,19H,9-12,14-15H2,(H,29,31). The lowest BCUT2D eigenvalue weighted by Gasteiger charge is -2.39. The molecule has 1 aliphatic heterocycles. The zero-order valence-corrected chi connectivity index (χ0v) is 16.8. The lowest BCUT2D eigenvalue weighted by Crippen LogP contribution is -2.55. The van der Waals surface area contributed by atoms with E-state index in [1.165, 1.54) is 12.1 Å². The molecule has 166 valence electrons. The Balaban J connectivity index is 1.53. The molecule has 2 aliphatic rings. The lowest BCUT2D eigenvalue weighted by atomic mass is 9.95. The van der Waals surface area contributed by atoms with Crippen LogP contribution in [0.4, 0.5) is 22.0 Å². The van der Waals surface area contributed by atoms with Crippen LogP contribution in [-0.4, -0.2) is 29.3 Å². The minimum Gasteiger partial charge on any atom is -0.345 e. The summed E-state index contributed by atoms with van der Waals surface area (Å²) in [7, 11) is 0. The highest BCUT2D eigenvalue weighted by Crippen LogP contribution is 2.46. The summed E-state index contributed by atoms with van der Waals surface area (Å²) in [5.74, 6) is -3.50. The number of rotatable bonds is 5. The molecule has 2 aromatic rings. The number of hydrogen-bond acceptors (Lipinski definition) is 2. The fourth-order valence-corrected chi connectivity index (χ4v) is 4.19. The van der Waals surface area contributed by atoms with Crippen LogP contribution in [0.2, 0.25) is 0 Å². The first-order valence-corrected chi connectivity index (χ1v) is 10.2. The summed E-state index contributed by atoms with van der Waals surface area (Å²) in [5.41, 5.74) is -0.0841. The van der Waals surface area contributed by atoms with Gasteiger partial charge in [-0.15, -0.1) is 0 Å². The number of halogens is 5. The molecule has 31 heavy (non-hydrogen) atoms. The van der Waals surface area contributed by atoms with Crippen LogP contribution in [0.1, 0.15) is 42.4 Å². The number of nitrogens with one attached hydrogen (secondary N) is 1. The maximum atomic E-state index is 14.2. The Morgan fingerprint density at radius 2 is 1.74 bits per heavy atom. The van der Waals surface area contributed by atoms with Gasteiger partial charge in [0.2, 0.25) is 5.91 Å². The van der Waals surface area contributed by atoms with Crippen molar-refractivity contribution in [3.8, 4) is 0 Å². The molecule has 0 spiro atoms. The van der Waals surface area contributed by atoms with Crippen LogP contribution in [0, 0.1) is 0 Å². The van der Waals surface area contributed by atoms with Crippen molar-refractivity contribution in [3.63, 3.8) is 0 Å². The van der Waals surface area contributed by atoms with Crippen molar-refractivity contribution in [1.29, 1.82) is 0 Å². The molecule has 3 nitrogen and oxygen atoms in total. The van der Waals surface area contributed by atoms with Crippen molar-refractivity contribution in [2.75, 3.05) is 6.54 Å². The number of amides is 1. The number of alkyl halides is 5. The molecule has 4 rings (SSSR count). The highest BCUT2D eigenvalue weighted by Gasteiger charge is 2.49. The minimum atomic E-state index is -4.49. The van der Waals surface area contributed by atoms with Gasteiger partial charge in [0.1, 0.15) is 0 Å². The van der Waals surface area contributed by atoms with E-state index < -0.39 is 48.0 Å². The molecule has 1 saturated heterocycles. The number of likely N-dealkylation sites (tertiary alicyclic amines) is 1. The first-order chi connectivity index (χ1) is 14.6. The number of carbonyl (C=O) groups excluding carboxylic acids is 1. The van der Waals surface area contributed by atoms with E-state index in [0.29, 0.717) is 5.56 Å². The van der Waals surface area contributed by atoms with E-state index in [4.69, 9.17) is 0 Å². The van der Waals surface area contributed by atoms with Crippen LogP contribution < -0.4 is 5.32 Å². The van der Waals surface area contributed by atoms with Gasteiger partial charge >= 0.3 is 6.18 Å². The molecule has 1 heterocycles. The van der Waals surface area contributed by atoms with E-state index in [-0.39, 0.29) is 13.1 Å². The Labute approximate surface area is 177 Å². The van der Waals surface area contributed by atoms with E-state index in [2.05, 4.69) is 5.32 Å². The second-order valence-corrected chi connectivity index (χ2v) is 8.43. The summed E-state index contributed by atoms with van der Waals surface area (Å²) in [4.78, 5) is 14.6. The summed E-state index contributed by atoms with van der Waals surface area (Å²) in [6.45, 7) is -0.0733. The van der Waals surface area contributed by atoms with Crippen LogP contribution in [-0.2, 0) is 23.1 Å². The van der Waals surface area contributed by atoms with Gasteiger partial charge < -0.3 is 5.32 Å². The third-order valence-electron chi connectivity index (χ3n) is 6.08. The van der Waals surface area contributed by atoms with Crippen molar-refractivity contribution < 1.29 is 26.7 Å². The minimum absolute atomic E-state index is 0.00355. The predicted molar refractivity (Wildman–Crippen MR) is 105 cm³/mol. The second kappa shape index (κ2) is 7.89. The Morgan fingerprint density at radius 1 is 1.03 bits per heavy atom. The zero-order valence-electron chi connectivity index (χ0n) is 16.8. The lowest BCUT2D eigenvalue weighted by molar-refractivity contribution is -0.139. The summed E-state index contributed by atoms with van der Waals surface area (Å²) < 4.78 is 67.4. The van der Waals surface area contributed by atoms with Gasteiger partial charge in [-0.1, -0.05) is 48.5 Å². The van der Waals surface area contributed by atoms with E-state index in [1.807, 2.05) is 30.3 Å². The van der Waals surface area contributed by atoms with E-state index in [0.717, 1.165) is 30.5 Å². The maximum absolute atomic E-state index is 14.2. The largest absolute Gasteiger partial charge is 0.416 e. The quantitative estimate of drug-likeness (QED) is 0.658. The molecule has 1 saturated carbocycles. The monoisotopic (exact) mass is 438 g/mol. The summed E-state index contributed by atoms with van der Waals surface area (Å²) in [6, 6.07) is 13.0. The Bertz CT molecular complexity index is 940. The molecule has 2 aromatic carbocycles. The average molecular weight is 438 g/mol. The number of nitrogens with zero attached hydrogens (tertiary/aromatic N) is 1. The molecular weight excluding hydrogens is 415 g/mol. The highest BCUT2D eigenvalue weighted by molar-refractivity contribution is 5.83. The smallest absolute Gasteiger partial charge is 0.345 e. The van der Waals surface area contributed by atoms with Gasteiger partial charge in [0.15, 0.2) is 0 Å². The SMILES string of the molecule is O=C(NC1(c2ccccc2)CC1)C1CC(F)(F)CCN1Cc1cccc(C(F)(F)F)c1. The van der Waals surface area contributed by atoms with Gasteiger partial charge in [0, 0.05) is 25.9 Å². The second-order valence-electron chi connectivity index (χ2n) is 8.43. The molecule has 0 radical (unpaired) electrons. The van der Waals surface area contributed by atoms with Gasteiger partial charge in [-0.05, 0) is 30.0 Å². The molecule has 1 N–H and O–H groups in total. The predicted octanol–water partition coefficient (Wildman–Crippen LogP) is 5.11. The molecule has 1 unspecified atom stereocenters. The van der Waals surface area contributed by atoms with E-state index in [1.54, 1.807) is 4.90 Å². The van der Waals surface area contributed by atoms with Crippen molar-refractivity contribution >= 4 is 5.91 Å². The number of benzene rings is 2. The van der Waals surface area contributed by atoms with Crippen molar-refractivity contribution in [2.45, 2.75) is 55.9 Å². The van der Waals surface area contributed by atoms with Crippen molar-refractivity contribution in [1.82, 2.24) is 10.2 Å². The van der Waals surface area contributed by atoms with Gasteiger partial charge in [-0.25, -0.2) is 8.78 Å². The molecule has 8 heteroatoms. The van der Waals surface area contributed by atoms with Crippen LogP contribution in [0.25, 0.3) is 0 Å². The first-order valence-electron chi connectivity index (χ1n) is 10.2. The molecular formula is C23H23F5N2O. The van der Waals surface area contributed by atoms with Crippen molar-refractivity contribution in [3.05, 3.63) is 71.3 Å². The molecule has 1 atom stereocenters. The Morgan fingerprint density at radius 3 is 2.39 bits per heavy atom. The average Bonchev–Trinajstić information content (AvgIpc) is 3.50. The fourth-order valence-electron chi connectivity index (χ4n) is 4.19. The van der Waals surface area contributed by atoms with E-state index >= 15 is 0 Å². The molecule has 0 aromatic heterocycles. The summed E-state index contributed by atoms with van der Waals surface area (Å²) in [5, 5.41) is 2.95. The van der Waals surface area contributed by atoms with Gasteiger partial charge in [-0.3, -0.25) is 9.69 Å². The fraction of sp³-hybridized carbons (Fsp3) is 0.435. The molecule has 1 aliphatic carbocycles. The summed E-state index contributed by atoms with van der Waals surface area (Å²) in [6.07, 6.45) is -4.13. The Hall–Kier alpha value is -2.48. The molecule has 1 amide bonds. The first kappa shape index (κ1) is 21.7. The van der Waals surface area contributed by atoms with Crippen LogP contribution in [0.3, 0.4) is 0 Å². The number of piperidine rings is 1. The summed E-state index contributed by atoms with van der Waals surface area (Å²) >= 11 is 0. The van der Waals surface area contributed by atoms with Crippen LogP contribution >= 0.6 is 0 Å². The van der Waals surface area contributed by atoms with Gasteiger partial charge in [0.05, 0.1) is 17.1 Å². The maximum Gasteiger partial charge on any atom is 0.416 e. The van der Waals surface area contributed by atoms with Crippen LogP contribution in [0.5, 0.6) is 0 Å². The van der Waals surface area contributed by atoms with E-state index in [9.17, 15) is 26.7 Å². The third kappa shape index (κ3) is 4.89. The van der Waals surface area contributed by atoms with Gasteiger partial charge in [-0.2, -0.15) is 13.2 Å². The van der Waals surface area contributed by atoms with Crippen LogP contribution in [0.15, 0.2) is 54.6 Å².